The molecule has 0 aromatic carbocycles. The van der Waals surface area contributed by atoms with Crippen LogP contribution < -0.4 is 4.74 Å². The van der Waals surface area contributed by atoms with Crippen molar-refractivity contribution in [3.63, 3.8) is 0 Å². The third-order valence-corrected chi connectivity index (χ3v) is 3.60. The summed E-state index contributed by atoms with van der Waals surface area (Å²) in [5.74, 6) is 0.716. The van der Waals surface area contributed by atoms with Gasteiger partial charge in [-0.2, -0.15) is 0 Å². The highest BCUT2D eigenvalue weighted by molar-refractivity contribution is 9.10. The van der Waals surface area contributed by atoms with Crippen LogP contribution in [0.4, 0.5) is 0 Å². The molecule has 1 aromatic heterocycles. The number of ether oxygens (including phenoxy) is 2. The summed E-state index contributed by atoms with van der Waals surface area (Å²) in [5.41, 5.74) is 0. The maximum Gasteiger partial charge on any atom is 0.213 e. The smallest absolute Gasteiger partial charge is 0.213 e. The van der Waals surface area contributed by atoms with E-state index in [-0.39, 0.29) is 6.10 Å². The first-order chi connectivity index (χ1) is 8.78. The Kier molecular flexibility index (Phi) is 5.41. The Morgan fingerprint density at radius 3 is 2.78 bits per heavy atom. The lowest BCUT2D eigenvalue weighted by atomic mass is 10.1. The van der Waals surface area contributed by atoms with Crippen LogP contribution >= 0.6 is 15.9 Å². The van der Waals surface area contributed by atoms with Crippen molar-refractivity contribution in [2.75, 3.05) is 33.4 Å². The van der Waals surface area contributed by atoms with Crippen molar-refractivity contribution >= 4 is 15.9 Å². The Hall–Kier alpha value is -0.650. The van der Waals surface area contributed by atoms with E-state index < -0.39 is 0 Å². The zero-order valence-corrected chi connectivity index (χ0v) is 12.2. The number of aromatic nitrogens is 1. The first-order valence-electron chi connectivity index (χ1n) is 6.27. The molecule has 18 heavy (non-hydrogen) atoms. The molecule has 0 saturated carbocycles. The van der Waals surface area contributed by atoms with E-state index in [0.717, 1.165) is 43.6 Å². The Bertz CT molecular complexity index is 351. The lowest BCUT2D eigenvalue weighted by Crippen LogP contribution is -2.39. The van der Waals surface area contributed by atoms with Crippen LogP contribution in [0.25, 0.3) is 0 Å². The van der Waals surface area contributed by atoms with E-state index in [0.29, 0.717) is 5.88 Å². The van der Waals surface area contributed by atoms with Gasteiger partial charge in [0.1, 0.15) is 6.10 Å². The lowest BCUT2D eigenvalue weighted by Gasteiger charge is -2.31. The summed E-state index contributed by atoms with van der Waals surface area (Å²) in [7, 11) is 1.75. The van der Waals surface area contributed by atoms with Crippen molar-refractivity contribution in [2.45, 2.75) is 18.9 Å². The number of methoxy groups -OCH3 is 1. The van der Waals surface area contributed by atoms with E-state index in [2.05, 4.69) is 25.8 Å². The zero-order chi connectivity index (χ0) is 12.8. The molecule has 2 rings (SSSR count). The molecule has 0 radical (unpaired) electrons. The van der Waals surface area contributed by atoms with Crippen molar-refractivity contribution in [1.29, 1.82) is 0 Å². The quantitative estimate of drug-likeness (QED) is 0.835. The minimum absolute atomic E-state index is 0.289. The largest absolute Gasteiger partial charge is 0.474 e. The molecule has 100 valence electrons. The molecule has 4 nitrogen and oxygen atoms in total. The summed E-state index contributed by atoms with van der Waals surface area (Å²) in [6, 6.07) is 3.86. The van der Waals surface area contributed by atoms with Gasteiger partial charge < -0.3 is 14.4 Å². The first kappa shape index (κ1) is 13.8. The van der Waals surface area contributed by atoms with Crippen molar-refractivity contribution in [3.8, 4) is 5.88 Å². The molecule has 0 unspecified atom stereocenters. The molecule has 0 N–H and O–H groups in total. The van der Waals surface area contributed by atoms with Crippen molar-refractivity contribution < 1.29 is 9.47 Å². The topological polar surface area (TPSA) is 34.6 Å². The fraction of sp³-hybridized carbons (Fsp3) is 0.615. The molecule has 1 aliphatic heterocycles. The van der Waals surface area contributed by atoms with E-state index >= 15 is 0 Å². The molecule has 0 aliphatic carbocycles. The Morgan fingerprint density at radius 2 is 2.17 bits per heavy atom. The van der Waals surface area contributed by atoms with E-state index in [1.165, 1.54) is 0 Å². The second kappa shape index (κ2) is 7.07. The lowest BCUT2D eigenvalue weighted by molar-refractivity contribution is 0.0773. The number of piperidine rings is 1. The predicted molar refractivity (Wildman–Crippen MR) is 73.9 cm³/mol. The maximum atomic E-state index is 5.87. The van der Waals surface area contributed by atoms with Crippen molar-refractivity contribution in [3.05, 3.63) is 22.8 Å². The third kappa shape index (κ3) is 4.23. The summed E-state index contributed by atoms with van der Waals surface area (Å²) >= 11 is 3.37. The second-order valence-corrected chi connectivity index (χ2v) is 5.38. The van der Waals surface area contributed by atoms with Gasteiger partial charge in [0, 0.05) is 43.5 Å². The van der Waals surface area contributed by atoms with Crippen molar-refractivity contribution in [2.24, 2.45) is 0 Å². The summed E-state index contributed by atoms with van der Waals surface area (Å²) < 4.78 is 11.9. The number of likely N-dealkylation sites (tertiary alicyclic amines) is 1. The molecule has 0 atom stereocenters. The highest BCUT2D eigenvalue weighted by atomic mass is 79.9. The maximum absolute atomic E-state index is 5.87. The van der Waals surface area contributed by atoms with Gasteiger partial charge >= 0.3 is 0 Å². The number of nitrogens with zero attached hydrogens (tertiary/aromatic N) is 2. The summed E-state index contributed by atoms with van der Waals surface area (Å²) in [4.78, 5) is 6.65. The minimum Gasteiger partial charge on any atom is -0.474 e. The van der Waals surface area contributed by atoms with Gasteiger partial charge in [-0.15, -0.1) is 0 Å². The van der Waals surface area contributed by atoms with Crippen LogP contribution in [0, 0.1) is 0 Å². The summed E-state index contributed by atoms with van der Waals surface area (Å²) in [5, 5.41) is 0. The van der Waals surface area contributed by atoms with Gasteiger partial charge in [0.2, 0.25) is 5.88 Å². The molecule has 0 amide bonds. The van der Waals surface area contributed by atoms with E-state index in [4.69, 9.17) is 9.47 Å². The molecule has 0 spiro atoms. The van der Waals surface area contributed by atoms with Crippen molar-refractivity contribution in [1.82, 2.24) is 9.88 Å². The Labute approximate surface area is 116 Å². The van der Waals surface area contributed by atoms with Gasteiger partial charge in [0.25, 0.3) is 0 Å². The first-order valence-corrected chi connectivity index (χ1v) is 7.07. The molecule has 2 heterocycles. The molecule has 0 bridgehead atoms. The third-order valence-electron chi connectivity index (χ3n) is 3.13. The molecular weight excluding hydrogens is 296 g/mol. The van der Waals surface area contributed by atoms with E-state index in [1.807, 2.05) is 12.1 Å². The number of pyridine rings is 1. The van der Waals surface area contributed by atoms with Gasteiger partial charge in [-0.05, 0) is 34.8 Å². The average molecular weight is 315 g/mol. The molecule has 5 heteroatoms. The normalized spacial score (nSPS) is 17.9. The minimum atomic E-state index is 0.289. The molecular formula is C13H19BrN2O2. The molecule has 1 saturated heterocycles. The number of rotatable bonds is 5. The molecule has 1 aliphatic rings. The zero-order valence-electron chi connectivity index (χ0n) is 10.6. The van der Waals surface area contributed by atoms with Crippen LogP contribution in [0.5, 0.6) is 5.88 Å². The molecule has 1 aromatic rings. The van der Waals surface area contributed by atoms with Gasteiger partial charge in [0.15, 0.2) is 0 Å². The van der Waals surface area contributed by atoms with Gasteiger partial charge in [-0.25, -0.2) is 4.98 Å². The van der Waals surface area contributed by atoms with Gasteiger partial charge in [0.05, 0.1) is 6.61 Å². The highest BCUT2D eigenvalue weighted by Crippen LogP contribution is 2.18. The van der Waals surface area contributed by atoms with Crippen LogP contribution in [0.1, 0.15) is 12.8 Å². The molecule has 1 fully saturated rings. The summed E-state index contributed by atoms with van der Waals surface area (Å²) in [6.07, 6.45) is 4.17. The van der Waals surface area contributed by atoms with E-state index in [1.54, 1.807) is 13.3 Å². The predicted octanol–water partition coefficient (Wildman–Crippen LogP) is 2.33. The van der Waals surface area contributed by atoms with Gasteiger partial charge in [-0.3, -0.25) is 0 Å². The monoisotopic (exact) mass is 314 g/mol. The van der Waals surface area contributed by atoms with Crippen LogP contribution in [0.15, 0.2) is 22.8 Å². The Balaban J connectivity index is 1.74. The highest BCUT2D eigenvalue weighted by Gasteiger charge is 2.20. The van der Waals surface area contributed by atoms with E-state index in [9.17, 15) is 0 Å². The summed E-state index contributed by atoms with van der Waals surface area (Å²) in [6.45, 7) is 3.97. The number of halogens is 1. The SMILES string of the molecule is COCCN1CCC(Oc2ccc(Br)cn2)CC1. The number of hydrogen-bond donors (Lipinski definition) is 0. The standard InChI is InChI=1S/C13H19BrN2O2/c1-17-9-8-16-6-4-12(5-7-16)18-13-3-2-11(14)10-15-13/h2-3,10,12H,4-9H2,1H3. The van der Waals surface area contributed by atoms with Crippen LogP contribution in [-0.4, -0.2) is 49.3 Å². The fourth-order valence-corrected chi connectivity index (χ4v) is 2.31. The Morgan fingerprint density at radius 1 is 1.39 bits per heavy atom. The fourth-order valence-electron chi connectivity index (χ4n) is 2.07. The van der Waals surface area contributed by atoms with Crippen LogP contribution in [0.2, 0.25) is 0 Å². The average Bonchev–Trinajstić information content (AvgIpc) is 2.41. The van der Waals surface area contributed by atoms with Crippen LogP contribution in [-0.2, 0) is 4.74 Å². The van der Waals surface area contributed by atoms with Gasteiger partial charge in [-0.1, -0.05) is 0 Å². The van der Waals surface area contributed by atoms with Crippen LogP contribution in [0.3, 0.4) is 0 Å². The second-order valence-electron chi connectivity index (χ2n) is 4.47. The number of hydrogen-bond acceptors (Lipinski definition) is 4.